The maximum Gasteiger partial charge on any atom is 0.246 e. The number of halogens is 2. The van der Waals surface area contributed by atoms with Gasteiger partial charge < -0.3 is 10.6 Å². The van der Waals surface area contributed by atoms with Gasteiger partial charge in [-0.25, -0.2) is 21.9 Å². The Hall–Kier alpha value is -1.25. The van der Waals surface area contributed by atoms with E-state index in [4.69, 9.17) is 5.73 Å². The van der Waals surface area contributed by atoms with Gasteiger partial charge in [-0.2, -0.15) is 0 Å². The number of nitrogens with two attached hydrogens (primary N) is 1. The van der Waals surface area contributed by atoms with Crippen molar-refractivity contribution in [2.45, 2.75) is 24.2 Å². The average molecular weight is 319 g/mol. The molecule has 0 aromatic heterocycles. The molecule has 0 spiro atoms. The second-order valence-electron chi connectivity index (χ2n) is 5.11. The van der Waals surface area contributed by atoms with Crippen LogP contribution in [0.1, 0.15) is 19.3 Å². The van der Waals surface area contributed by atoms with E-state index in [0.29, 0.717) is 6.42 Å². The molecule has 0 radical (unpaired) electrons. The smallest absolute Gasteiger partial charge is 0.246 e. The summed E-state index contributed by atoms with van der Waals surface area (Å²) in [5.41, 5.74) is 5.11. The van der Waals surface area contributed by atoms with Gasteiger partial charge >= 0.3 is 0 Å². The van der Waals surface area contributed by atoms with Crippen molar-refractivity contribution in [1.29, 1.82) is 0 Å². The van der Waals surface area contributed by atoms with Crippen molar-refractivity contribution in [3.05, 3.63) is 23.8 Å². The van der Waals surface area contributed by atoms with Crippen LogP contribution < -0.4 is 10.5 Å². The number of benzene rings is 1. The third-order valence-corrected chi connectivity index (χ3v) is 4.94. The minimum absolute atomic E-state index is 0.141. The molecule has 1 aromatic rings. The second kappa shape index (κ2) is 6.67. The van der Waals surface area contributed by atoms with Crippen molar-refractivity contribution in [2.75, 3.05) is 31.9 Å². The number of likely N-dealkylation sites (tertiary alicyclic amines) is 1. The summed E-state index contributed by atoms with van der Waals surface area (Å²) in [4.78, 5) is 1.26. The molecule has 5 nitrogen and oxygen atoms in total. The Kier molecular flexibility index (Phi) is 5.13. The minimum atomic E-state index is -4.21. The highest BCUT2D eigenvalue weighted by Gasteiger charge is 2.24. The Labute approximate surface area is 123 Å². The zero-order chi connectivity index (χ0) is 15.5. The van der Waals surface area contributed by atoms with Crippen molar-refractivity contribution in [2.24, 2.45) is 0 Å². The molecule has 0 saturated carbocycles. The Morgan fingerprint density at radius 1 is 1.19 bits per heavy atom. The first kappa shape index (κ1) is 16.1. The number of sulfonamides is 1. The van der Waals surface area contributed by atoms with Gasteiger partial charge in [0.05, 0.1) is 0 Å². The van der Waals surface area contributed by atoms with E-state index in [1.165, 1.54) is 0 Å². The third kappa shape index (κ3) is 4.12. The molecule has 3 N–H and O–H groups in total. The average Bonchev–Trinajstić information content (AvgIpc) is 2.86. The molecular formula is C13H19F2N3O2S. The lowest BCUT2D eigenvalue weighted by Gasteiger charge is -2.14. The van der Waals surface area contributed by atoms with E-state index in [1.807, 2.05) is 0 Å². The number of nitrogen functional groups attached to an aromatic ring is 1. The Bertz CT molecular complexity index is 578. The van der Waals surface area contributed by atoms with E-state index in [0.717, 1.165) is 44.6 Å². The number of anilines is 1. The number of rotatable bonds is 6. The Balaban J connectivity index is 1.95. The quantitative estimate of drug-likeness (QED) is 0.612. The molecule has 0 atom stereocenters. The predicted octanol–water partition coefficient (Wildman–Crippen LogP) is 1.31. The van der Waals surface area contributed by atoms with Gasteiger partial charge in [0.2, 0.25) is 10.0 Å². The molecular weight excluding hydrogens is 300 g/mol. The van der Waals surface area contributed by atoms with Crippen LogP contribution >= 0.6 is 0 Å². The molecule has 1 fully saturated rings. The summed E-state index contributed by atoms with van der Waals surface area (Å²) >= 11 is 0. The zero-order valence-electron chi connectivity index (χ0n) is 11.6. The molecule has 1 saturated heterocycles. The van der Waals surface area contributed by atoms with Gasteiger partial charge in [0.25, 0.3) is 0 Å². The van der Waals surface area contributed by atoms with Gasteiger partial charge in [-0.3, -0.25) is 0 Å². The van der Waals surface area contributed by atoms with Gasteiger partial charge in [0, 0.05) is 12.2 Å². The lowest BCUT2D eigenvalue weighted by molar-refractivity contribution is 0.334. The van der Waals surface area contributed by atoms with Crippen LogP contribution in [-0.4, -0.2) is 39.5 Å². The van der Waals surface area contributed by atoms with Crippen LogP contribution in [0.4, 0.5) is 14.5 Å². The molecule has 8 heteroatoms. The summed E-state index contributed by atoms with van der Waals surface area (Å²) in [5, 5.41) is 0. The van der Waals surface area contributed by atoms with Gasteiger partial charge in [-0.15, -0.1) is 0 Å². The normalized spacial score (nSPS) is 16.5. The maximum atomic E-state index is 13.6. The zero-order valence-corrected chi connectivity index (χ0v) is 12.4. The van der Waals surface area contributed by atoms with E-state index >= 15 is 0 Å². The minimum Gasteiger partial charge on any atom is -0.399 e. The number of nitrogens with zero attached hydrogens (tertiary/aromatic N) is 1. The Morgan fingerprint density at radius 3 is 2.33 bits per heavy atom. The predicted molar refractivity (Wildman–Crippen MR) is 76.2 cm³/mol. The summed E-state index contributed by atoms with van der Waals surface area (Å²) in [6.07, 6.45) is 2.92. The maximum absolute atomic E-state index is 13.6. The lowest BCUT2D eigenvalue weighted by atomic mass is 10.3. The van der Waals surface area contributed by atoms with Crippen LogP contribution in [0.5, 0.6) is 0 Å². The van der Waals surface area contributed by atoms with Crippen molar-refractivity contribution < 1.29 is 17.2 Å². The van der Waals surface area contributed by atoms with Crippen molar-refractivity contribution in [3.8, 4) is 0 Å². The van der Waals surface area contributed by atoms with Crippen LogP contribution in [0.3, 0.4) is 0 Å². The number of nitrogens with one attached hydrogen (secondary N) is 1. The highest BCUT2D eigenvalue weighted by atomic mass is 32.2. The van der Waals surface area contributed by atoms with Crippen molar-refractivity contribution >= 4 is 15.7 Å². The van der Waals surface area contributed by atoms with E-state index in [-0.39, 0.29) is 12.2 Å². The monoisotopic (exact) mass is 319 g/mol. The van der Waals surface area contributed by atoms with Crippen LogP contribution in [0.2, 0.25) is 0 Å². The van der Waals surface area contributed by atoms with Crippen LogP contribution in [0, 0.1) is 11.6 Å². The summed E-state index contributed by atoms with van der Waals surface area (Å²) in [7, 11) is -4.21. The fourth-order valence-corrected chi connectivity index (χ4v) is 3.61. The number of hydrogen-bond donors (Lipinski definition) is 2. The van der Waals surface area contributed by atoms with Gasteiger partial charge in [0.15, 0.2) is 4.90 Å². The van der Waals surface area contributed by atoms with E-state index < -0.39 is 26.6 Å². The first-order valence-electron chi connectivity index (χ1n) is 6.87. The molecule has 0 bridgehead atoms. The highest BCUT2D eigenvalue weighted by molar-refractivity contribution is 7.89. The molecule has 21 heavy (non-hydrogen) atoms. The second-order valence-corrected chi connectivity index (χ2v) is 6.82. The van der Waals surface area contributed by atoms with Gasteiger partial charge in [-0.05, 0) is 51.0 Å². The van der Waals surface area contributed by atoms with Gasteiger partial charge in [-0.1, -0.05) is 0 Å². The highest BCUT2D eigenvalue weighted by Crippen LogP contribution is 2.21. The molecule has 0 amide bonds. The standard InChI is InChI=1S/C13H19F2N3O2S/c14-11-8-10(16)9-12(15)13(11)21(19,20)17-4-3-7-18-5-1-2-6-18/h8-9,17H,1-7,16H2. The molecule has 1 heterocycles. The van der Waals surface area contributed by atoms with Gasteiger partial charge in [0.1, 0.15) is 11.6 Å². The first-order valence-corrected chi connectivity index (χ1v) is 8.35. The third-order valence-electron chi connectivity index (χ3n) is 3.43. The van der Waals surface area contributed by atoms with Crippen molar-refractivity contribution in [1.82, 2.24) is 9.62 Å². The lowest BCUT2D eigenvalue weighted by Crippen LogP contribution is -2.30. The molecule has 1 aliphatic rings. The van der Waals surface area contributed by atoms with Crippen LogP contribution in [0.15, 0.2) is 17.0 Å². The number of hydrogen-bond acceptors (Lipinski definition) is 4. The van der Waals surface area contributed by atoms with Crippen LogP contribution in [-0.2, 0) is 10.0 Å². The molecule has 0 aliphatic carbocycles. The van der Waals surface area contributed by atoms with Crippen LogP contribution in [0.25, 0.3) is 0 Å². The largest absolute Gasteiger partial charge is 0.399 e. The Morgan fingerprint density at radius 2 is 1.76 bits per heavy atom. The molecule has 118 valence electrons. The molecule has 1 aromatic carbocycles. The van der Waals surface area contributed by atoms with E-state index in [9.17, 15) is 17.2 Å². The summed E-state index contributed by atoms with van der Waals surface area (Å²) in [5.74, 6) is -2.36. The topological polar surface area (TPSA) is 75.4 Å². The molecule has 2 rings (SSSR count). The molecule has 1 aliphatic heterocycles. The van der Waals surface area contributed by atoms with Crippen molar-refractivity contribution in [3.63, 3.8) is 0 Å². The summed E-state index contributed by atoms with van der Waals surface area (Å²) < 4.78 is 53.3. The fraction of sp³-hybridized carbons (Fsp3) is 0.538. The van der Waals surface area contributed by atoms with E-state index in [1.54, 1.807) is 0 Å². The SMILES string of the molecule is Nc1cc(F)c(S(=O)(=O)NCCCN2CCCC2)c(F)c1. The van der Waals surface area contributed by atoms with E-state index in [2.05, 4.69) is 9.62 Å². The fourth-order valence-electron chi connectivity index (χ4n) is 2.42. The molecule has 0 unspecified atom stereocenters. The summed E-state index contributed by atoms with van der Waals surface area (Å²) in [6, 6.07) is 1.59. The first-order chi connectivity index (χ1) is 9.90. The summed E-state index contributed by atoms with van der Waals surface area (Å²) in [6.45, 7) is 2.96.